The third-order valence-corrected chi connectivity index (χ3v) is 5.55. The first-order valence-electron chi connectivity index (χ1n) is 11.6. The van der Waals surface area contributed by atoms with Crippen LogP contribution in [0.2, 0.25) is 0 Å². The Balaban J connectivity index is 1.66. The molecule has 1 heterocycles. The fourth-order valence-corrected chi connectivity index (χ4v) is 3.63. The highest BCUT2D eigenvalue weighted by atomic mass is 19.4. The zero-order chi connectivity index (χ0) is 28.9. The quantitative estimate of drug-likeness (QED) is 0.239. The highest BCUT2D eigenvalue weighted by molar-refractivity contribution is 6.09. The number of hydrogen-bond donors (Lipinski definition) is 2. The molecular weight excluding hydrogens is 536 g/mol. The van der Waals surface area contributed by atoms with E-state index in [4.69, 9.17) is 0 Å². The zero-order valence-electron chi connectivity index (χ0n) is 20.3. The van der Waals surface area contributed by atoms with Crippen molar-refractivity contribution in [3.8, 4) is 0 Å². The van der Waals surface area contributed by atoms with E-state index in [-0.39, 0.29) is 22.5 Å². The van der Waals surface area contributed by atoms with Crippen LogP contribution in [0.25, 0.3) is 12.2 Å². The van der Waals surface area contributed by atoms with Gasteiger partial charge in [-0.1, -0.05) is 24.3 Å². The van der Waals surface area contributed by atoms with E-state index < -0.39 is 35.3 Å². The van der Waals surface area contributed by atoms with E-state index >= 15 is 0 Å². The first kappa shape index (κ1) is 28.1. The van der Waals surface area contributed by atoms with E-state index in [1.165, 1.54) is 30.3 Å². The van der Waals surface area contributed by atoms with Crippen LogP contribution in [-0.4, -0.2) is 16.8 Å². The zero-order valence-corrected chi connectivity index (χ0v) is 20.3. The Morgan fingerprint density at radius 1 is 0.600 bits per heavy atom. The standard InChI is InChI=1S/C29H19F6N3O2/c30-28(31,32)22-3-1-5-24(16-22)37-26(39)20-13-19(8-7-18-9-11-36-12-10-18)14-21(15-20)27(40)38-25-6-2-4-23(17-25)29(33,34)35/h1-17H,(H,37,39)(H,38,40). The van der Waals surface area contributed by atoms with Gasteiger partial charge in [0.1, 0.15) is 0 Å². The third-order valence-electron chi connectivity index (χ3n) is 5.55. The average Bonchev–Trinajstić information content (AvgIpc) is 2.91. The molecule has 0 saturated carbocycles. The molecular formula is C29H19F6N3O2. The van der Waals surface area contributed by atoms with Crippen LogP contribution in [0.3, 0.4) is 0 Å². The molecule has 0 bridgehead atoms. The van der Waals surface area contributed by atoms with Crippen LogP contribution in [-0.2, 0) is 12.4 Å². The maximum absolute atomic E-state index is 13.1. The largest absolute Gasteiger partial charge is 0.416 e. The fourth-order valence-electron chi connectivity index (χ4n) is 3.63. The maximum Gasteiger partial charge on any atom is 0.416 e. The van der Waals surface area contributed by atoms with Crippen molar-refractivity contribution in [2.24, 2.45) is 0 Å². The van der Waals surface area contributed by atoms with Crippen LogP contribution >= 0.6 is 0 Å². The highest BCUT2D eigenvalue weighted by Crippen LogP contribution is 2.32. The predicted molar refractivity (Wildman–Crippen MR) is 138 cm³/mol. The molecule has 4 aromatic rings. The molecule has 0 atom stereocenters. The summed E-state index contributed by atoms with van der Waals surface area (Å²) >= 11 is 0. The summed E-state index contributed by atoms with van der Waals surface area (Å²) in [6.45, 7) is 0. The molecule has 0 aliphatic carbocycles. The minimum atomic E-state index is -4.62. The van der Waals surface area contributed by atoms with Crippen molar-refractivity contribution in [1.29, 1.82) is 0 Å². The number of hydrogen-bond acceptors (Lipinski definition) is 3. The Bertz CT molecular complexity index is 1470. The van der Waals surface area contributed by atoms with Gasteiger partial charge in [0.15, 0.2) is 0 Å². The molecule has 0 spiro atoms. The number of alkyl halides is 6. The number of pyridine rings is 1. The van der Waals surface area contributed by atoms with Crippen molar-refractivity contribution in [3.63, 3.8) is 0 Å². The van der Waals surface area contributed by atoms with Crippen LogP contribution in [0.1, 0.15) is 43.0 Å². The number of anilines is 2. The Labute approximate surface area is 224 Å². The minimum absolute atomic E-state index is 0.0662. The van der Waals surface area contributed by atoms with Crippen molar-refractivity contribution >= 4 is 35.3 Å². The van der Waals surface area contributed by atoms with Crippen LogP contribution < -0.4 is 10.6 Å². The van der Waals surface area contributed by atoms with E-state index in [9.17, 15) is 35.9 Å². The molecule has 1 aromatic heterocycles. The van der Waals surface area contributed by atoms with Crippen molar-refractivity contribution in [2.75, 3.05) is 10.6 Å². The van der Waals surface area contributed by atoms with E-state index in [0.717, 1.165) is 42.0 Å². The molecule has 11 heteroatoms. The van der Waals surface area contributed by atoms with Gasteiger partial charge >= 0.3 is 12.4 Å². The molecule has 4 rings (SSSR count). The number of halogens is 6. The molecule has 0 aliphatic rings. The Morgan fingerprint density at radius 2 is 1.05 bits per heavy atom. The summed E-state index contributed by atoms with van der Waals surface area (Å²) < 4.78 is 78.5. The van der Waals surface area contributed by atoms with Gasteiger partial charge in [0.2, 0.25) is 0 Å². The van der Waals surface area contributed by atoms with Gasteiger partial charge in [-0.25, -0.2) is 0 Å². The van der Waals surface area contributed by atoms with Gasteiger partial charge in [-0.3, -0.25) is 14.6 Å². The second-order valence-corrected chi connectivity index (χ2v) is 8.52. The van der Waals surface area contributed by atoms with Crippen LogP contribution in [0.5, 0.6) is 0 Å². The summed E-state index contributed by atoms with van der Waals surface area (Å²) in [5.41, 5.74) is -1.15. The van der Waals surface area contributed by atoms with E-state index in [1.54, 1.807) is 36.7 Å². The molecule has 0 fully saturated rings. The lowest BCUT2D eigenvalue weighted by molar-refractivity contribution is -0.138. The minimum Gasteiger partial charge on any atom is -0.322 e. The molecule has 0 aliphatic heterocycles. The molecule has 3 aromatic carbocycles. The second kappa shape index (κ2) is 11.4. The summed E-state index contributed by atoms with van der Waals surface area (Å²) in [6, 6.07) is 15.5. The Kier molecular flexibility index (Phi) is 8.03. The third kappa shape index (κ3) is 7.34. The summed E-state index contributed by atoms with van der Waals surface area (Å²) in [4.78, 5) is 29.9. The lowest BCUT2D eigenvalue weighted by Gasteiger charge is -2.12. The monoisotopic (exact) mass is 555 g/mol. The van der Waals surface area contributed by atoms with Crippen molar-refractivity contribution in [2.45, 2.75) is 12.4 Å². The number of amides is 2. The maximum atomic E-state index is 13.1. The number of nitrogens with zero attached hydrogens (tertiary/aromatic N) is 1. The van der Waals surface area contributed by atoms with E-state index in [1.807, 2.05) is 0 Å². The second-order valence-electron chi connectivity index (χ2n) is 8.52. The summed E-state index contributed by atoms with van der Waals surface area (Å²) in [7, 11) is 0. The van der Waals surface area contributed by atoms with Gasteiger partial charge in [0.25, 0.3) is 11.8 Å². The first-order chi connectivity index (χ1) is 18.9. The van der Waals surface area contributed by atoms with Crippen molar-refractivity contribution < 1.29 is 35.9 Å². The van der Waals surface area contributed by atoms with E-state index in [2.05, 4.69) is 15.6 Å². The van der Waals surface area contributed by atoms with Gasteiger partial charge < -0.3 is 10.6 Å². The number of nitrogens with one attached hydrogen (secondary N) is 2. The highest BCUT2D eigenvalue weighted by Gasteiger charge is 2.31. The van der Waals surface area contributed by atoms with Gasteiger partial charge in [0, 0.05) is 34.9 Å². The smallest absolute Gasteiger partial charge is 0.322 e. The Hall–Kier alpha value is -4.93. The molecule has 40 heavy (non-hydrogen) atoms. The molecule has 0 saturated heterocycles. The number of carbonyl (C=O) groups excluding carboxylic acids is 2. The molecule has 2 N–H and O–H groups in total. The van der Waals surface area contributed by atoms with Gasteiger partial charge in [-0.15, -0.1) is 0 Å². The fraction of sp³-hybridized carbons (Fsp3) is 0.0690. The number of benzene rings is 3. The van der Waals surface area contributed by atoms with E-state index in [0.29, 0.717) is 5.56 Å². The van der Waals surface area contributed by atoms with Gasteiger partial charge in [0.05, 0.1) is 11.1 Å². The van der Waals surface area contributed by atoms with Crippen LogP contribution in [0.15, 0.2) is 91.3 Å². The topological polar surface area (TPSA) is 71.1 Å². The lowest BCUT2D eigenvalue weighted by Crippen LogP contribution is -2.17. The summed E-state index contributed by atoms with van der Waals surface area (Å²) in [6.07, 6.45) is -2.84. The molecule has 204 valence electrons. The van der Waals surface area contributed by atoms with Gasteiger partial charge in [-0.2, -0.15) is 26.3 Å². The number of rotatable bonds is 6. The van der Waals surface area contributed by atoms with Crippen LogP contribution in [0, 0.1) is 0 Å². The van der Waals surface area contributed by atoms with Crippen LogP contribution in [0.4, 0.5) is 37.7 Å². The van der Waals surface area contributed by atoms with Gasteiger partial charge in [-0.05, 0) is 77.9 Å². The molecule has 0 unspecified atom stereocenters. The van der Waals surface area contributed by atoms with Crippen molar-refractivity contribution in [1.82, 2.24) is 4.98 Å². The SMILES string of the molecule is O=C(Nc1cccc(C(F)(F)F)c1)c1cc(C=Cc2ccncc2)cc(C(=O)Nc2cccc(C(F)(F)F)c2)c1. The normalized spacial score (nSPS) is 11.8. The molecule has 0 radical (unpaired) electrons. The first-order valence-corrected chi connectivity index (χ1v) is 11.6. The van der Waals surface area contributed by atoms with Crippen molar-refractivity contribution in [3.05, 3.63) is 125 Å². The number of aromatic nitrogens is 1. The summed E-state index contributed by atoms with van der Waals surface area (Å²) in [5, 5.41) is 4.77. The molecule has 5 nitrogen and oxygen atoms in total. The summed E-state index contributed by atoms with van der Waals surface area (Å²) in [5.74, 6) is -1.60. The average molecular weight is 555 g/mol. The molecule has 2 amide bonds. The predicted octanol–water partition coefficient (Wildman–Crippen LogP) is 7.79. The lowest BCUT2D eigenvalue weighted by atomic mass is 10.0. The number of carbonyl (C=O) groups is 2. The Morgan fingerprint density at radius 3 is 1.50 bits per heavy atom.